The van der Waals surface area contributed by atoms with Crippen LogP contribution in [0.4, 0.5) is 5.69 Å². The molecule has 0 bridgehead atoms. The minimum atomic E-state index is 0.264. The molecule has 4 heteroatoms. The van der Waals surface area contributed by atoms with Gasteiger partial charge in [0.2, 0.25) is 0 Å². The average Bonchev–Trinajstić information content (AvgIpc) is 2.95. The highest BCUT2D eigenvalue weighted by Crippen LogP contribution is 2.28. The molecule has 108 valence electrons. The van der Waals surface area contributed by atoms with E-state index in [1.165, 1.54) is 24.9 Å². The topological polar surface area (TPSA) is 33.1 Å². The first-order valence-corrected chi connectivity index (χ1v) is 7.72. The highest BCUT2D eigenvalue weighted by atomic mass is 15.3. The van der Waals surface area contributed by atoms with Crippen LogP contribution in [-0.4, -0.2) is 34.5 Å². The standard InChI is InChI=1S/C15H28N4/c1-5-13-9-16-15(6-2,7-3)12-19(13)14-10-17-18(8-4)11-14/h10-11,13,16H,5-9,12H2,1-4H3. The van der Waals surface area contributed by atoms with E-state index >= 15 is 0 Å². The van der Waals surface area contributed by atoms with Gasteiger partial charge in [0, 0.05) is 37.4 Å². The molecule has 0 aliphatic carbocycles. The van der Waals surface area contributed by atoms with Crippen LogP contribution in [0.5, 0.6) is 0 Å². The molecule has 2 rings (SSSR count). The lowest BCUT2D eigenvalue weighted by Gasteiger charge is -2.48. The van der Waals surface area contributed by atoms with Gasteiger partial charge in [0.1, 0.15) is 0 Å². The lowest BCUT2D eigenvalue weighted by atomic mass is 9.88. The van der Waals surface area contributed by atoms with Crippen molar-refractivity contribution in [2.75, 3.05) is 18.0 Å². The third-order valence-electron chi connectivity index (χ3n) is 4.73. The van der Waals surface area contributed by atoms with E-state index in [1.807, 2.05) is 10.9 Å². The monoisotopic (exact) mass is 264 g/mol. The number of hydrogen-bond acceptors (Lipinski definition) is 3. The Labute approximate surface area is 117 Å². The van der Waals surface area contributed by atoms with Crippen LogP contribution < -0.4 is 10.2 Å². The van der Waals surface area contributed by atoms with Gasteiger partial charge in [-0.25, -0.2) is 0 Å². The van der Waals surface area contributed by atoms with Crippen LogP contribution in [0.25, 0.3) is 0 Å². The molecule has 1 aliphatic rings. The fourth-order valence-electron chi connectivity index (χ4n) is 3.02. The van der Waals surface area contributed by atoms with Gasteiger partial charge >= 0.3 is 0 Å². The van der Waals surface area contributed by atoms with Crippen LogP contribution in [0.3, 0.4) is 0 Å². The number of hydrogen-bond donors (Lipinski definition) is 1. The summed E-state index contributed by atoms with van der Waals surface area (Å²) in [6.07, 6.45) is 7.74. The molecule has 0 aromatic carbocycles. The number of anilines is 1. The SMILES string of the molecule is CCC1CNC(CC)(CC)CN1c1cnn(CC)c1. The van der Waals surface area contributed by atoms with Crippen molar-refractivity contribution in [2.45, 2.75) is 65.1 Å². The minimum Gasteiger partial charge on any atom is -0.363 e. The lowest BCUT2D eigenvalue weighted by Crippen LogP contribution is -2.64. The van der Waals surface area contributed by atoms with Crippen LogP contribution in [-0.2, 0) is 6.54 Å². The summed E-state index contributed by atoms with van der Waals surface area (Å²) in [7, 11) is 0. The Morgan fingerprint density at radius 3 is 2.58 bits per heavy atom. The molecule has 1 saturated heterocycles. The molecule has 4 nitrogen and oxygen atoms in total. The van der Waals surface area contributed by atoms with Crippen molar-refractivity contribution in [3.05, 3.63) is 12.4 Å². The van der Waals surface area contributed by atoms with E-state index in [9.17, 15) is 0 Å². The highest BCUT2D eigenvalue weighted by molar-refractivity contribution is 5.45. The lowest BCUT2D eigenvalue weighted by molar-refractivity contribution is 0.246. The van der Waals surface area contributed by atoms with Crippen molar-refractivity contribution in [2.24, 2.45) is 0 Å². The largest absolute Gasteiger partial charge is 0.363 e. The van der Waals surface area contributed by atoms with Crippen molar-refractivity contribution in [3.8, 4) is 0 Å². The van der Waals surface area contributed by atoms with Gasteiger partial charge in [-0.1, -0.05) is 20.8 Å². The fourth-order valence-corrected chi connectivity index (χ4v) is 3.02. The summed E-state index contributed by atoms with van der Waals surface area (Å²) in [6, 6.07) is 0.584. The van der Waals surface area contributed by atoms with Gasteiger partial charge < -0.3 is 10.2 Å². The van der Waals surface area contributed by atoms with Gasteiger partial charge in [0.15, 0.2) is 0 Å². The molecule has 1 fully saturated rings. The maximum absolute atomic E-state index is 4.43. The third kappa shape index (κ3) is 2.78. The smallest absolute Gasteiger partial charge is 0.0756 e. The third-order valence-corrected chi connectivity index (χ3v) is 4.73. The molecule has 0 amide bonds. The number of piperazine rings is 1. The van der Waals surface area contributed by atoms with E-state index in [0.717, 1.165) is 19.6 Å². The molecule has 1 unspecified atom stereocenters. The summed E-state index contributed by atoms with van der Waals surface area (Å²) in [5.74, 6) is 0. The molecule has 1 aromatic rings. The summed E-state index contributed by atoms with van der Waals surface area (Å²) in [5, 5.41) is 8.22. The number of rotatable bonds is 5. The van der Waals surface area contributed by atoms with Crippen LogP contribution in [0, 0.1) is 0 Å². The van der Waals surface area contributed by atoms with Gasteiger partial charge in [0.25, 0.3) is 0 Å². The Hall–Kier alpha value is -1.03. The minimum absolute atomic E-state index is 0.264. The predicted molar refractivity (Wildman–Crippen MR) is 80.6 cm³/mol. The van der Waals surface area contributed by atoms with Crippen molar-refractivity contribution in [1.29, 1.82) is 0 Å². The molecule has 2 heterocycles. The molecule has 0 spiro atoms. The number of aryl methyl sites for hydroxylation is 1. The van der Waals surface area contributed by atoms with Crippen molar-refractivity contribution < 1.29 is 0 Å². The molecule has 0 radical (unpaired) electrons. The zero-order chi connectivity index (χ0) is 13.9. The highest BCUT2D eigenvalue weighted by Gasteiger charge is 2.36. The van der Waals surface area contributed by atoms with Crippen molar-refractivity contribution in [3.63, 3.8) is 0 Å². The maximum atomic E-state index is 4.43. The molecule has 1 atom stereocenters. The normalized spacial score (nSPS) is 22.7. The number of aromatic nitrogens is 2. The Bertz CT molecular complexity index is 395. The second kappa shape index (κ2) is 5.95. The molecule has 1 N–H and O–H groups in total. The Morgan fingerprint density at radius 2 is 2.05 bits per heavy atom. The Kier molecular flexibility index (Phi) is 4.50. The molecule has 1 aromatic heterocycles. The first-order valence-electron chi connectivity index (χ1n) is 7.72. The summed E-state index contributed by atoms with van der Waals surface area (Å²) in [5.41, 5.74) is 1.54. The van der Waals surface area contributed by atoms with Gasteiger partial charge in [-0.15, -0.1) is 0 Å². The molecular weight excluding hydrogens is 236 g/mol. The van der Waals surface area contributed by atoms with Crippen LogP contribution in [0.1, 0.15) is 47.0 Å². The van der Waals surface area contributed by atoms with Gasteiger partial charge in [-0.3, -0.25) is 4.68 Å². The first-order chi connectivity index (χ1) is 9.18. The van der Waals surface area contributed by atoms with E-state index in [1.54, 1.807) is 0 Å². The summed E-state index contributed by atoms with van der Waals surface area (Å²) >= 11 is 0. The Morgan fingerprint density at radius 1 is 1.32 bits per heavy atom. The Balaban J connectivity index is 2.22. The average molecular weight is 264 g/mol. The van der Waals surface area contributed by atoms with Gasteiger partial charge in [-0.05, 0) is 26.2 Å². The zero-order valence-corrected chi connectivity index (χ0v) is 12.8. The zero-order valence-electron chi connectivity index (χ0n) is 12.8. The molecule has 19 heavy (non-hydrogen) atoms. The first kappa shape index (κ1) is 14.4. The van der Waals surface area contributed by atoms with Crippen LogP contribution in [0.15, 0.2) is 12.4 Å². The maximum Gasteiger partial charge on any atom is 0.0756 e. The second-order valence-corrected chi connectivity index (χ2v) is 5.61. The van der Waals surface area contributed by atoms with E-state index in [4.69, 9.17) is 0 Å². The molecule has 1 aliphatic heterocycles. The van der Waals surface area contributed by atoms with E-state index < -0.39 is 0 Å². The number of nitrogens with one attached hydrogen (secondary N) is 1. The summed E-state index contributed by atoms with van der Waals surface area (Å²) in [6.45, 7) is 12.1. The molecule has 0 saturated carbocycles. The van der Waals surface area contributed by atoms with Crippen molar-refractivity contribution in [1.82, 2.24) is 15.1 Å². The van der Waals surface area contributed by atoms with E-state index in [0.29, 0.717) is 6.04 Å². The van der Waals surface area contributed by atoms with Gasteiger partial charge in [0.05, 0.1) is 11.9 Å². The van der Waals surface area contributed by atoms with E-state index in [-0.39, 0.29) is 5.54 Å². The molecular formula is C15H28N4. The summed E-state index contributed by atoms with van der Waals surface area (Å²) < 4.78 is 2.02. The quantitative estimate of drug-likeness (QED) is 0.887. The van der Waals surface area contributed by atoms with Crippen LogP contribution in [0.2, 0.25) is 0 Å². The van der Waals surface area contributed by atoms with Crippen LogP contribution >= 0.6 is 0 Å². The van der Waals surface area contributed by atoms with Crippen molar-refractivity contribution >= 4 is 5.69 Å². The summed E-state index contributed by atoms with van der Waals surface area (Å²) in [4.78, 5) is 2.56. The fraction of sp³-hybridized carbons (Fsp3) is 0.800. The second-order valence-electron chi connectivity index (χ2n) is 5.61. The predicted octanol–water partition coefficient (Wildman–Crippen LogP) is 2.65. The number of nitrogens with zero attached hydrogens (tertiary/aromatic N) is 3. The van der Waals surface area contributed by atoms with Gasteiger partial charge in [-0.2, -0.15) is 5.10 Å². The van der Waals surface area contributed by atoms with E-state index in [2.05, 4.69) is 49.2 Å².